The summed E-state index contributed by atoms with van der Waals surface area (Å²) in [6, 6.07) is 9.58. The monoisotopic (exact) mass is 291 g/mol. The Bertz CT molecular complexity index is 614. The lowest BCUT2D eigenvalue weighted by atomic mass is 10.1. The van der Waals surface area contributed by atoms with Crippen LogP contribution < -0.4 is 10.1 Å². The third-order valence-electron chi connectivity index (χ3n) is 3.13. The maximum absolute atomic E-state index is 13.6. The van der Waals surface area contributed by atoms with E-state index in [9.17, 15) is 8.78 Å². The molecule has 112 valence electrons. The van der Waals surface area contributed by atoms with Crippen molar-refractivity contribution in [1.29, 1.82) is 0 Å². The summed E-state index contributed by atoms with van der Waals surface area (Å²) in [6.07, 6.45) is 1.08. The van der Waals surface area contributed by atoms with Crippen LogP contribution in [0.1, 0.15) is 24.5 Å². The van der Waals surface area contributed by atoms with Crippen LogP contribution in [0.25, 0.3) is 0 Å². The maximum Gasteiger partial charge on any atom is 0.201 e. The quantitative estimate of drug-likeness (QED) is 0.787. The second kappa shape index (κ2) is 7.18. The zero-order valence-corrected chi connectivity index (χ0v) is 12.2. The van der Waals surface area contributed by atoms with Gasteiger partial charge in [0.2, 0.25) is 5.82 Å². The number of nitrogens with one attached hydrogen (secondary N) is 1. The molecule has 0 aromatic heterocycles. The normalized spacial score (nSPS) is 10.7. The minimum absolute atomic E-state index is 0.102. The number of hydrogen-bond acceptors (Lipinski definition) is 2. The van der Waals surface area contributed by atoms with Gasteiger partial charge in [-0.25, -0.2) is 4.39 Å². The average molecular weight is 291 g/mol. The van der Waals surface area contributed by atoms with Gasteiger partial charge in [-0.05, 0) is 49.2 Å². The van der Waals surface area contributed by atoms with Crippen LogP contribution in [0.4, 0.5) is 8.78 Å². The van der Waals surface area contributed by atoms with Gasteiger partial charge in [0.25, 0.3) is 0 Å². The van der Waals surface area contributed by atoms with Gasteiger partial charge in [-0.3, -0.25) is 0 Å². The molecule has 0 spiro atoms. The molecule has 2 rings (SSSR count). The van der Waals surface area contributed by atoms with Crippen LogP contribution in [0, 0.1) is 18.6 Å². The van der Waals surface area contributed by atoms with E-state index >= 15 is 0 Å². The molecule has 4 heteroatoms. The van der Waals surface area contributed by atoms with Crippen molar-refractivity contribution in [2.75, 3.05) is 6.54 Å². The van der Waals surface area contributed by atoms with Crippen molar-refractivity contribution >= 4 is 0 Å². The molecule has 0 fully saturated rings. The fourth-order valence-electron chi connectivity index (χ4n) is 2.03. The Balaban J connectivity index is 2.12. The van der Waals surface area contributed by atoms with Gasteiger partial charge in [-0.15, -0.1) is 0 Å². The van der Waals surface area contributed by atoms with Crippen LogP contribution in [-0.4, -0.2) is 6.54 Å². The van der Waals surface area contributed by atoms with E-state index in [1.165, 1.54) is 12.1 Å². The highest BCUT2D eigenvalue weighted by molar-refractivity contribution is 5.40. The average Bonchev–Trinajstić information content (AvgIpc) is 2.47. The molecule has 2 aromatic rings. The van der Waals surface area contributed by atoms with Crippen molar-refractivity contribution in [2.24, 2.45) is 0 Å². The van der Waals surface area contributed by atoms with Crippen molar-refractivity contribution in [3.63, 3.8) is 0 Å². The molecule has 0 bridgehead atoms. The minimum atomic E-state index is -0.967. The Kier molecular flexibility index (Phi) is 5.28. The molecule has 0 radical (unpaired) electrons. The van der Waals surface area contributed by atoms with Crippen LogP contribution in [0.5, 0.6) is 11.5 Å². The van der Waals surface area contributed by atoms with Crippen molar-refractivity contribution in [3.8, 4) is 11.5 Å². The van der Waals surface area contributed by atoms with E-state index in [1.54, 1.807) is 6.07 Å². The highest BCUT2D eigenvalue weighted by atomic mass is 19.2. The van der Waals surface area contributed by atoms with Crippen LogP contribution in [0.3, 0.4) is 0 Å². The summed E-state index contributed by atoms with van der Waals surface area (Å²) >= 11 is 0. The van der Waals surface area contributed by atoms with E-state index < -0.39 is 11.6 Å². The summed E-state index contributed by atoms with van der Waals surface area (Å²) < 4.78 is 32.2. The van der Waals surface area contributed by atoms with E-state index in [2.05, 4.69) is 12.2 Å². The molecule has 0 saturated heterocycles. The van der Waals surface area contributed by atoms with Crippen LogP contribution >= 0.6 is 0 Å². The fraction of sp³-hybridized carbons (Fsp3) is 0.294. The maximum atomic E-state index is 13.6. The summed E-state index contributed by atoms with van der Waals surface area (Å²) in [4.78, 5) is 0. The highest BCUT2D eigenvalue weighted by Crippen LogP contribution is 2.28. The van der Waals surface area contributed by atoms with Gasteiger partial charge in [0.15, 0.2) is 11.6 Å². The number of halogens is 2. The number of hydrogen-bond donors (Lipinski definition) is 1. The Hall–Kier alpha value is -1.94. The zero-order chi connectivity index (χ0) is 15.2. The van der Waals surface area contributed by atoms with Gasteiger partial charge >= 0.3 is 0 Å². The van der Waals surface area contributed by atoms with Gasteiger partial charge in [-0.2, -0.15) is 4.39 Å². The molecule has 0 saturated carbocycles. The smallest absolute Gasteiger partial charge is 0.201 e. The van der Waals surface area contributed by atoms with Crippen molar-refractivity contribution < 1.29 is 13.5 Å². The summed E-state index contributed by atoms with van der Waals surface area (Å²) in [5, 5.41) is 3.31. The fourth-order valence-corrected chi connectivity index (χ4v) is 2.03. The first kappa shape index (κ1) is 15.4. The van der Waals surface area contributed by atoms with Crippen molar-refractivity contribution in [1.82, 2.24) is 5.32 Å². The van der Waals surface area contributed by atoms with Crippen molar-refractivity contribution in [3.05, 3.63) is 59.2 Å². The first-order valence-electron chi connectivity index (χ1n) is 7.04. The summed E-state index contributed by atoms with van der Waals surface area (Å²) in [6.45, 7) is 5.74. The Labute approximate surface area is 123 Å². The first-order chi connectivity index (χ1) is 10.1. The van der Waals surface area contributed by atoms with E-state index in [-0.39, 0.29) is 5.75 Å². The molecule has 0 aliphatic rings. The molecule has 0 atom stereocenters. The second-order valence-corrected chi connectivity index (χ2v) is 4.93. The SMILES string of the molecule is CCCNCc1ccc(Oc2cccc(F)c2F)c(C)c1. The van der Waals surface area contributed by atoms with Gasteiger partial charge in [0.05, 0.1) is 0 Å². The predicted molar refractivity (Wildman–Crippen MR) is 79.6 cm³/mol. The standard InChI is InChI=1S/C17H19F2NO/c1-3-9-20-11-13-7-8-15(12(2)10-13)21-16-6-4-5-14(18)17(16)19/h4-8,10,20H,3,9,11H2,1-2H3. The van der Waals surface area contributed by atoms with E-state index in [4.69, 9.17) is 4.74 Å². The molecule has 0 unspecified atom stereocenters. The van der Waals surface area contributed by atoms with Crippen LogP contribution in [0.15, 0.2) is 36.4 Å². The summed E-state index contributed by atoms with van der Waals surface area (Å²) in [7, 11) is 0. The molecular formula is C17H19F2NO. The summed E-state index contributed by atoms with van der Waals surface area (Å²) in [5.41, 5.74) is 2.02. The first-order valence-corrected chi connectivity index (χ1v) is 7.04. The minimum Gasteiger partial charge on any atom is -0.454 e. The molecule has 21 heavy (non-hydrogen) atoms. The number of benzene rings is 2. The lowest BCUT2D eigenvalue weighted by Gasteiger charge is -2.11. The molecule has 0 aliphatic heterocycles. The lowest BCUT2D eigenvalue weighted by molar-refractivity contribution is 0.414. The van der Waals surface area contributed by atoms with Gasteiger partial charge < -0.3 is 10.1 Å². The second-order valence-electron chi connectivity index (χ2n) is 4.93. The van der Waals surface area contributed by atoms with Crippen molar-refractivity contribution in [2.45, 2.75) is 26.8 Å². The highest BCUT2D eigenvalue weighted by Gasteiger charge is 2.11. The van der Waals surface area contributed by atoms with E-state index in [0.29, 0.717) is 5.75 Å². The van der Waals surface area contributed by atoms with Gasteiger partial charge in [0, 0.05) is 6.54 Å². The zero-order valence-electron chi connectivity index (χ0n) is 12.2. The molecule has 0 heterocycles. The van der Waals surface area contributed by atoms with Gasteiger partial charge in [-0.1, -0.05) is 25.1 Å². The van der Waals surface area contributed by atoms with E-state index in [1.807, 2.05) is 19.1 Å². The molecule has 0 aliphatic carbocycles. The largest absolute Gasteiger partial charge is 0.454 e. The predicted octanol–water partition coefficient (Wildman–Crippen LogP) is 4.57. The molecular weight excluding hydrogens is 272 g/mol. The number of ether oxygens (including phenoxy) is 1. The van der Waals surface area contributed by atoms with Gasteiger partial charge in [0.1, 0.15) is 5.75 Å². The molecule has 1 N–H and O–H groups in total. The number of aryl methyl sites for hydroxylation is 1. The Morgan fingerprint density at radius 3 is 2.62 bits per heavy atom. The summed E-state index contributed by atoms with van der Waals surface area (Å²) in [5.74, 6) is -1.45. The molecule has 2 aromatic carbocycles. The molecule has 2 nitrogen and oxygen atoms in total. The topological polar surface area (TPSA) is 21.3 Å². The van der Waals surface area contributed by atoms with Crippen LogP contribution in [0.2, 0.25) is 0 Å². The Morgan fingerprint density at radius 1 is 1.10 bits per heavy atom. The Morgan fingerprint density at radius 2 is 1.90 bits per heavy atom. The number of rotatable bonds is 6. The van der Waals surface area contributed by atoms with Crippen LogP contribution in [-0.2, 0) is 6.54 Å². The van der Waals surface area contributed by atoms with E-state index in [0.717, 1.165) is 36.7 Å². The molecule has 0 amide bonds. The third kappa shape index (κ3) is 4.02. The third-order valence-corrected chi connectivity index (χ3v) is 3.13. The lowest BCUT2D eigenvalue weighted by Crippen LogP contribution is -2.13.